The average Bonchev–Trinajstić information content (AvgIpc) is 2.37. The SMILES string of the molecule is CCCC(=O)NCCN(c1ccc(C)c(C)c1)S(C)(=O)=O. The van der Waals surface area contributed by atoms with E-state index in [1.54, 1.807) is 6.07 Å². The molecule has 0 aliphatic rings. The minimum atomic E-state index is -3.38. The number of nitrogens with zero attached hydrogens (tertiary/aromatic N) is 1. The van der Waals surface area contributed by atoms with E-state index < -0.39 is 10.0 Å². The van der Waals surface area contributed by atoms with Gasteiger partial charge in [-0.15, -0.1) is 0 Å². The molecule has 0 aliphatic carbocycles. The summed E-state index contributed by atoms with van der Waals surface area (Å²) in [6, 6.07) is 5.54. The zero-order valence-corrected chi connectivity index (χ0v) is 14.0. The third-order valence-corrected chi connectivity index (χ3v) is 4.49. The highest BCUT2D eigenvalue weighted by atomic mass is 32.2. The van der Waals surface area contributed by atoms with Crippen LogP contribution < -0.4 is 9.62 Å². The zero-order valence-electron chi connectivity index (χ0n) is 13.1. The van der Waals surface area contributed by atoms with Gasteiger partial charge in [-0.05, 0) is 43.5 Å². The Bertz CT molecular complexity index is 597. The number of benzene rings is 1. The van der Waals surface area contributed by atoms with Crippen LogP contribution in [0.2, 0.25) is 0 Å². The fraction of sp³-hybridized carbons (Fsp3) is 0.533. The molecule has 1 amide bonds. The van der Waals surface area contributed by atoms with Crippen molar-refractivity contribution in [2.24, 2.45) is 0 Å². The van der Waals surface area contributed by atoms with Gasteiger partial charge in [0.05, 0.1) is 18.5 Å². The first-order valence-electron chi connectivity index (χ1n) is 7.07. The molecule has 6 heteroatoms. The molecule has 0 saturated heterocycles. The topological polar surface area (TPSA) is 66.5 Å². The van der Waals surface area contributed by atoms with E-state index in [1.165, 1.54) is 10.6 Å². The Labute approximate surface area is 127 Å². The number of aryl methyl sites for hydroxylation is 2. The van der Waals surface area contributed by atoms with Gasteiger partial charge in [-0.1, -0.05) is 13.0 Å². The lowest BCUT2D eigenvalue weighted by molar-refractivity contribution is -0.121. The number of sulfonamides is 1. The van der Waals surface area contributed by atoms with Crippen molar-refractivity contribution in [1.29, 1.82) is 0 Å². The van der Waals surface area contributed by atoms with Crippen LogP contribution in [0, 0.1) is 13.8 Å². The van der Waals surface area contributed by atoms with E-state index in [-0.39, 0.29) is 12.5 Å². The number of carbonyl (C=O) groups is 1. The monoisotopic (exact) mass is 312 g/mol. The number of nitrogens with one attached hydrogen (secondary N) is 1. The molecule has 21 heavy (non-hydrogen) atoms. The van der Waals surface area contributed by atoms with Gasteiger partial charge in [0.15, 0.2) is 0 Å². The lowest BCUT2D eigenvalue weighted by atomic mass is 10.1. The number of hydrogen-bond donors (Lipinski definition) is 1. The van der Waals surface area contributed by atoms with Crippen LogP contribution in [0.15, 0.2) is 18.2 Å². The second-order valence-electron chi connectivity index (χ2n) is 5.20. The summed E-state index contributed by atoms with van der Waals surface area (Å²) in [5, 5.41) is 2.74. The number of carbonyl (C=O) groups excluding carboxylic acids is 1. The van der Waals surface area contributed by atoms with Crippen LogP contribution in [0.3, 0.4) is 0 Å². The zero-order chi connectivity index (χ0) is 16.0. The molecule has 0 saturated carbocycles. The van der Waals surface area contributed by atoms with E-state index in [4.69, 9.17) is 0 Å². The molecule has 0 unspecified atom stereocenters. The van der Waals surface area contributed by atoms with Crippen LogP contribution in [-0.2, 0) is 14.8 Å². The minimum absolute atomic E-state index is 0.0500. The summed E-state index contributed by atoms with van der Waals surface area (Å²) in [7, 11) is -3.38. The van der Waals surface area contributed by atoms with Crippen molar-refractivity contribution in [2.45, 2.75) is 33.6 Å². The fourth-order valence-electron chi connectivity index (χ4n) is 1.98. The summed E-state index contributed by atoms with van der Waals surface area (Å²) in [5.74, 6) is -0.0500. The first-order chi connectivity index (χ1) is 9.75. The third kappa shape index (κ3) is 5.38. The molecule has 1 aromatic rings. The second kappa shape index (κ2) is 7.45. The Hall–Kier alpha value is -1.56. The van der Waals surface area contributed by atoms with Crippen molar-refractivity contribution in [2.75, 3.05) is 23.7 Å². The Balaban J connectivity index is 2.82. The first-order valence-corrected chi connectivity index (χ1v) is 8.92. The van der Waals surface area contributed by atoms with E-state index in [0.29, 0.717) is 18.7 Å². The maximum atomic E-state index is 11.9. The lowest BCUT2D eigenvalue weighted by Gasteiger charge is -2.23. The van der Waals surface area contributed by atoms with Gasteiger partial charge in [0, 0.05) is 13.0 Å². The molecule has 1 rings (SSSR count). The minimum Gasteiger partial charge on any atom is -0.354 e. The quantitative estimate of drug-likeness (QED) is 0.837. The highest BCUT2D eigenvalue weighted by Gasteiger charge is 2.17. The van der Waals surface area contributed by atoms with Crippen LogP contribution >= 0.6 is 0 Å². The molecule has 5 nitrogen and oxygen atoms in total. The Morgan fingerprint density at radius 3 is 2.43 bits per heavy atom. The van der Waals surface area contributed by atoms with Gasteiger partial charge in [0.25, 0.3) is 0 Å². The number of hydrogen-bond acceptors (Lipinski definition) is 3. The molecule has 1 N–H and O–H groups in total. The summed E-state index contributed by atoms with van der Waals surface area (Å²) in [4.78, 5) is 11.4. The predicted molar refractivity (Wildman–Crippen MR) is 86.0 cm³/mol. The van der Waals surface area contributed by atoms with Gasteiger partial charge in [-0.2, -0.15) is 0 Å². The van der Waals surface area contributed by atoms with Gasteiger partial charge in [-0.25, -0.2) is 8.42 Å². The smallest absolute Gasteiger partial charge is 0.232 e. The molecule has 0 atom stereocenters. The van der Waals surface area contributed by atoms with Crippen molar-refractivity contribution in [3.05, 3.63) is 29.3 Å². The molecule has 118 valence electrons. The maximum absolute atomic E-state index is 11.9. The number of amides is 1. The van der Waals surface area contributed by atoms with E-state index in [1.807, 2.05) is 32.9 Å². The third-order valence-electron chi connectivity index (χ3n) is 3.29. The Kier molecular flexibility index (Phi) is 6.20. The number of rotatable bonds is 7. The first kappa shape index (κ1) is 17.5. The largest absolute Gasteiger partial charge is 0.354 e. The lowest BCUT2D eigenvalue weighted by Crippen LogP contribution is -2.38. The maximum Gasteiger partial charge on any atom is 0.232 e. The van der Waals surface area contributed by atoms with Crippen molar-refractivity contribution in [1.82, 2.24) is 5.32 Å². The molecule has 0 heterocycles. The van der Waals surface area contributed by atoms with E-state index in [0.717, 1.165) is 17.5 Å². The predicted octanol–water partition coefficient (Wildman–Crippen LogP) is 1.99. The summed E-state index contributed by atoms with van der Waals surface area (Å²) in [5.41, 5.74) is 2.78. The standard InChI is InChI=1S/C15H24N2O3S/c1-5-6-15(18)16-9-10-17(21(4,19)20)14-8-7-12(2)13(3)11-14/h7-8,11H,5-6,9-10H2,1-4H3,(H,16,18). The number of anilines is 1. The molecule has 0 aliphatic heterocycles. The van der Waals surface area contributed by atoms with Crippen LogP contribution in [-0.4, -0.2) is 33.7 Å². The van der Waals surface area contributed by atoms with Gasteiger partial charge in [0.2, 0.25) is 15.9 Å². The molecular formula is C15H24N2O3S. The van der Waals surface area contributed by atoms with Gasteiger partial charge in [-0.3, -0.25) is 9.10 Å². The van der Waals surface area contributed by atoms with Gasteiger partial charge < -0.3 is 5.32 Å². The van der Waals surface area contributed by atoms with E-state index >= 15 is 0 Å². The fourth-order valence-corrected chi connectivity index (χ4v) is 2.90. The van der Waals surface area contributed by atoms with Gasteiger partial charge >= 0.3 is 0 Å². The van der Waals surface area contributed by atoms with E-state index in [9.17, 15) is 13.2 Å². The van der Waals surface area contributed by atoms with Crippen LogP contribution in [0.4, 0.5) is 5.69 Å². The summed E-state index contributed by atoms with van der Waals surface area (Å²) < 4.78 is 25.2. The van der Waals surface area contributed by atoms with Crippen molar-refractivity contribution in [3.8, 4) is 0 Å². The Morgan fingerprint density at radius 2 is 1.90 bits per heavy atom. The van der Waals surface area contributed by atoms with E-state index in [2.05, 4.69) is 5.32 Å². The van der Waals surface area contributed by atoms with Gasteiger partial charge in [0.1, 0.15) is 0 Å². The molecule has 0 aromatic heterocycles. The molecule has 0 bridgehead atoms. The highest BCUT2D eigenvalue weighted by Crippen LogP contribution is 2.20. The van der Waals surface area contributed by atoms with Crippen molar-refractivity contribution < 1.29 is 13.2 Å². The summed E-state index contributed by atoms with van der Waals surface area (Å²) in [6.07, 6.45) is 2.41. The molecular weight excluding hydrogens is 288 g/mol. The molecule has 1 aromatic carbocycles. The highest BCUT2D eigenvalue weighted by molar-refractivity contribution is 7.92. The normalized spacial score (nSPS) is 11.2. The molecule has 0 spiro atoms. The second-order valence-corrected chi connectivity index (χ2v) is 7.11. The molecule has 0 fully saturated rings. The summed E-state index contributed by atoms with van der Waals surface area (Å²) in [6.45, 7) is 6.39. The average molecular weight is 312 g/mol. The van der Waals surface area contributed by atoms with Crippen molar-refractivity contribution in [3.63, 3.8) is 0 Å². The van der Waals surface area contributed by atoms with Crippen molar-refractivity contribution >= 4 is 21.6 Å². The Morgan fingerprint density at radius 1 is 1.24 bits per heavy atom. The van der Waals surface area contributed by atoms with Crippen LogP contribution in [0.1, 0.15) is 30.9 Å². The molecule has 0 radical (unpaired) electrons. The van der Waals surface area contributed by atoms with Crippen LogP contribution in [0.5, 0.6) is 0 Å². The van der Waals surface area contributed by atoms with Crippen LogP contribution in [0.25, 0.3) is 0 Å². The summed E-state index contributed by atoms with van der Waals surface area (Å²) >= 11 is 0.